The van der Waals surface area contributed by atoms with Crippen molar-refractivity contribution in [1.29, 1.82) is 0 Å². The van der Waals surface area contributed by atoms with Crippen molar-refractivity contribution in [2.75, 3.05) is 59.3 Å². The topological polar surface area (TPSA) is 110 Å². The van der Waals surface area contributed by atoms with Crippen LogP contribution in [0, 0.1) is 21.4 Å². The highest BCUT2D eigenvalue weighted by Gasteiger charge is 2.22. The number of benzene rings is 2. The van der Waals surface area contributed by atoms with Gasteiger partial charge in [0.15, 0.2) is 6.10 Å². The molecule has 0 spiro atoms. The van der Waals surface area contributed by atoms with E-state index < -0.39 is 12.1 Å². The summed E-state index contributed by atoms with van der Waals surface area (Å²) in [4.78, 5) is 39.8. The maximum absolute atomic E-state index is 12.7. The molecule has 0 N–H and O–H groups in total. The maximum atomic E-state index is 12.7. The number of ether oxygens (including phenoxy) is 6. The van der Waals surface area contributed by atoms with Gasteiger partial charge in [-0.2, -0.15) is 0 Å². The summed E-state index contributed by atoms with van der Waals surface area (Å²) in [5.74, 6) is 0.885. The average Bonchev–Trinajstić information content (AvgIpc) is 3.18. The Bertz CT molecular complexity index is 1400. The van der Waals surface area contributed by atoms with Gasteiger partial charge in [0.1, 0.15) is 24.7 Å². The molecule has 1 aliphatic rings. The molecule has 2 aromatic rings. The third kappa shape index (κ3) is 25.1. The van der Waals surface area contributed by atoms with E-state index in [1.54, 1.807) is 0 Å². The zero-order valence-corrected chi connectivity index (χ0v) is 46.8. The molecule has 0 amide bonds. The third-order valence-corrected chi connectivity index (χ3v) is 14.0. The van der Waals surface area contributed by atoms with Crippen LogP contribution in [0.4, 0.5) is 0 Å². The lowest BCUT2D eigenvalue weighted by Crippen LogP contribution is -2.41. The molecule has 16 heteroatoms. The van der Waals surface area contributed by atoms with Gasteiger partial charge in [-0.25, -0.2) is 0 Å². The second-order valence-electron chi connectivity index (χ2n) is 14.6. The van der Waals surface area contributed by atoms with Gasteiger partial charge in [-0.15, -0.1) is 0 Å². The van der Waals surface area contributed by atoms with Crippen LogP contribution in [0.1, 0.15) is 116 Å². The van der Waals surface area contributed by atoms with E-state index in [9.17, 15) is 14.4 Å². The van der Waals surface area contributed by atoms with E-state index in [4.69, 9.17) is 28.4 Å². The van der Waals surface area contributed by atoms with Crippen molar-refractivity contribution in [1.82, 2.24) is 4.90 Å². The van der Waals surface area contributed by atoms with Crippen LogP contribution in [0.3, 0.4) is 0 Å². The highest BCUT2D eigenvalue weighted by Crippen LogP contribution is 2.31. The van der Waals surface area contributed by atoms with Gasteiger partial charge >= 0.3 is 17.9 Å². The van der Waals surface area contributed by atoms with Crippen molar-refractivity contribution in [3.8, 4) is 11.5 Å². The van der Waals surface area contributed by atoms with E-state index in [0.29, 0.717) is 39.1 Å². The minimum Gasteiger partial charge on any atom is -0.491 e. The summed E-state index contributed by atoms with van der Waals surface area (Å²) in [6, 6.07) is 8.55. The predicted octanol–water partition coefficient (Wildman–Crippen LogP) is 12.1. The molecule has 3 rings (SSSR count). The fourth-order valence-electron chi connectivity index (χ4n) is 6.34. The minimum atomic E-state index is -0.847. The number of hydrogen-bond acceptors (Lipinski definition) is 10. The number of esters is 3. The SMILES string of the molecule is O=C(CCCCCCCCCCOc1c(I)cc(I)cc1I)OCC(COC(=O)CCCCCCCCCCOc1c(I)cc(I)cc1I)OC(=O)CN1CCOCC1. The van der Waals surface area contributed by atoms with Crippen LogP contribution in [0.15, 0.2) is 24.3 Å². The van der Waals surface area contributed by atoms with Crippen molar-refractivity contribution in [3.63, 3.8) is 0 Å². The Morgan fingerprint density at radius 1 is 0.525 bits per heavy atom. The first-order valence-corrected chi connectivity index (χ1v) is 27.3. The summed E-state index contributed by atoms with van der Waals surface area (Å²) in [5, 5.41) is 0. The summed E-state index contributed by atoms with van der Waals surface area (Å²) in [7, 11) is 0. The molecule has 10 nitrogen and oxygen atoms in total. The number of carbonyl (C=O) groups is 3. The van der Waals surface area contributed by atoms with E-state index in [1.165, 1.54) is 32.8 Å². The quantitative estimate of drug-likeness (QED) is 0.0313. The number of morpholine rings is 1. The van der Waals surface area contributed by atoms with Gasteiger partial charge in [-0.1, -0.05) is 77.0 Å². The third-order valence-electron chi connectivity index (χ3n) is 9.58. The van der Waals surface area contributed by atoms with Gasteiger partial charge in [0, 0.05) is 33.1 Å². The van der Waals surface area contributed by atoms with Gasteiger partial charge in [0.25, 0.3) is 0 Å². The molecule has 0 aliphatic carbocycles. The lowest BCUT2D eigenvalue weighted by molar-refractivity contribution is -0.168. The molecule has 0 bridgehead atoms. The Morgan fingerprint density at radius 3 is 1.27 bits per heavy atom. The summed E-state index contributed by atoms with van der Waals surface area (Å²) in [6.45, 7) is 3.74. The molecule has 0 radical (unpaired) electrons. The zero-order chi connectivity index (χ0) is 42.7. The van der Waals surface area contributed by atoms with Crippen molar-refractivity contribution in [3.05, 3.63) is 45.7 Å². The van der Waals surface area contributed by atoms with Crippen molar-refractivity contribution in [2.24, 2.45) is 0 Å². The smallest absolute Gasteiger partial charge is 0.320 e. The van der Waals surface area contributed by atoms with Gasteiger partial charge in [0.05, 0.1) is 47.3 Å². The van der Waals surface area contributed by atoms with Crippen molar-refractivity contribution >= 4 is 153 Å². The molecular weight excluding hydrogens is 1440 g/mol. The highest BCUT2D eigenvalue weighted by atomic mass is 127. The van der Waals surface area contributed by atoms with Crippen LogP contribution in [0.5, 0.6) is 11.5 Å². The molecule has 1 heterocycles. The minimum absolute atomic E-state index is 0.113. The molecule has 0 unspecified atom stereocenters. The normalized spacial score (nSPS) is 13.1. The maximum Gasteiger partial charge on any atom is 0.320 e. The van der Waals surface area contributed by atoms with Crippen LogP contribution in [-0.4, -0.2) is 88.2 Å². The number of unbranched alkanes of at least 4 members (excludes halogenated alkanes) is 14. The van der Waals surface area contributed by atoms with Crippen LogP contribution in [-0.2, 0) is 33.3 Å². The largest absolute Gasteiger partial charge is 0.491 e. The Balaban J connectivity index is 1.21. The predicted molar refractivity (Wildman–Crippen MR) is 282 cm³/mol. The summed E-state index contributed by atoms with van der Waals surface area (Å²) in [5.41, 5.74) is 0. The molecule has 0 saturated carbocycles. The summed E-state index contributed by atoms with van der Waals surface area (Å²) < 4.78 is 41.2. The summed E-state index contributed by atoms with van der Waals surface area (Å²) in [6.07, 6.45) is 16.7. The first-order chi connectivity index (χ1) is 28.5. The average molecular weight is 1500 g/mol. The van der Waals surface area contributed by atoms with E-state index in [1.807, 2.05) is 4.90 Å². The summed E-state index contributed by atoms with van der Waals surface area (Å²) >= 11 is 14.0. The Hall–Kier alpha value is 0.750. The lowest BCUT2D eigenvalue weighted by Gasteiger charge is -2.26. The molecular formula is C43H59I6NO9. The van der Waals surface area contributed by atoms with E-state index in [2.05, 4.69) is 160 Å². The molecule has 59 heavy (non-hydrogen) atoms. The zero-order valence-electron chi connectivity index (χ0n) is 33.9. The Kier molecular flexibility index (Phi) is 30.5. The molecule has 332 valence electrons. The first-order valence-electron chi connectivity index (χ1n) is 20.9. The van der Waals surface area contributed by atoms with Gasteiger partial charge in [-0.3, -0.25) is 19.3 Å². The van der Waals surface area contributed by atoms with E-state index >= 15 is 0 Å². The number of hydrogen-bond donors (Lipinski definition) is 0. The second kappa shape index (κ2) is 33.3. The van der Waals surface area contributed by atoms with E-state index in [0.717, 1.165) is 116 Å². The molecule has 1 fully saturated rings. The van der Waals surface area contributed by atoms with Crippen molar-refractivity contribution < 1.29 is 42.8 Å². The fourth-order valence-corrected chi connectivity index (χ4v) is 14.1. The lowest BCUT2D eigenvalue weighted by atomic mass is 10.1. The van der Waals surface area contributed by atoms with Gasteiger partial charge in [0.2, 0.25) is 0 Å². The fraction of sp³-hybridized carbons (Fsp3) is 0.651. The molecule has 1 saturated heterocycles. The number of halogens is 6. The van der Waals surface area contributed by atoms with E-state index in [-0.39, 0.29) is 31.7 Å². The number of carbonyl (C=O) groups excluding carboxylic acids is 3. The number of rotatable bonds is 31. The van der Waals surface area contributed by atoms with Gasteiger partial charge in [-0.05, 0) is 185 Å². The van der Waals surface area contributed by atoms with Crippen LogP contribution in [0.25, 0.3) is 0 Å². The molecule has 2 aromatic carbocycles. The Labute approximate surface area is 433 Å². The standard InChI is InChI=1S/C43H59I6NO9/c44-32-25-35(46)42(36(47)26-32)55-21-15-11-7-3-1-5-9-13-17-39(51)57-30-34(59-41(53)29-50-19-23-54-24-20-50)31-58-40(52)18-14-10-6-2-4-8-12-16-22-56-43-37(48)27-33(45)28-38(43)49/h25-28,34H,1-24,29-31H2. The van der Waals surface area contributed by atoms with Crippen LogP contribution < -0.4 is 9.47 Å². The molecule has 0 aromatic heterocycles. The van der Waals surface area contributed by atoms with Gasteiger partial charge < -0.3 is 28.4 Å². The van der Waals surface area contributed by atoms with Crippen LogP contribution >= 0.6 is 136 Å². The van der Waals surface area contributed by atoms with Crippen molar-refractivity contribution in [2.45, 2.75) is 122 Å². The van der Waals surface area contributed by atoms with Crippen LogP contribution in [0.2, 0.25) is 0 Å². The second-order valence-corrected chi connectivity index (χ2v) is 21.8. The molecule has 1 aliphatic heterocycles. The molecule has 0 atom stereocenters. The Morgan fingerprint density at radius 2 is 0.881 bits per heavy atom. The first kappa shape index (κ1) is 54.1. The monoisotopic (exact) mass is 1490 g/mol. The highest BCUT2D eigenvalue weighted by molar-refractivity contribution is 14.1. The number of nitrogens with zero attached hydrogens (tertiary/aromatic N) is 1.